The molecule has 0 aliphatic carbocycles. The molecule has 0 unspecified atom stereocenters. The van der Waals surface area contributed by atoms with E-state index >= 15 is 0 Å². The highest BCUT2D eigenvalue weighted by Gasteiger charge is 2.06. The third-order valence-electron chi connectivity index (χ3n) is 2.76. The van der Waals surface area contributed by atoms with Crippen LogP contribution in [0.15, 0.2) is 28.7 Å². The molecule has 90 valence electrons. The summed E-state index contributed by atoms with van der Waals surface area (Å²) in [7, 11) is 0. The van der Waals surface area contributed by atoms with Crippen LogP contribution in [0, 0.1) is 20.8 Å². The molecule has 18 heavy (non-hydrogen) atoms. The maximum Gasteiger partial charge on any atom is 0.192 e. The zero-order valence-electron chi connectivity index (χ0n) is 10.6. The number of oxazole rings is 1. The van der Waals surface area contributed by atoms with E-state index < -0.39 is 0 Å². The first kappa shape index (κ1) is 10.9. The molecular weight excluding hydrogens is 226 g/mol. The van der Waals surface area contributed by atoms with Gasteiger partial charge in [0.25, 0.3) is 0 Å². The average Bonchev–Trinajstić information content (AvgIpc) is 2.66. The Hall–Kier alpha value is -2.23. The number of fused-ring (bicyclic) bond motifs is 1. The summed E-state index contributed by atoms with van der Waals surface area (Å²) in [6, 6.07) is 7.89. The standard InChI is InChI=1S/C14H13N3O/c1-8-6-12(16-9(2)15-8)11-4-5-14-13(7-11)17-10(3)18-14/h4-7H,1-3H3. The number of rotatable bonds is 1. The van der Waals surface area contributed by atoms with Crippen molar-refractivity contribution in [1.29, 1.82) is 0 Å². The molecule has 0 saturated heterocycles. The summed E-state index contributed by atoms with van der Waals surface area (Å²) in [5.41, 5.74) is 4.58. The van der Waals surface area contributed by atoms with E-state index in [1.165, 1.54) is 0 Å². The molecule has 2 heterocycles. The smallest absolute Gasteiger partial charge is 0.192 e. The van der Waals surface area contributed by atoms with Crippen LogP contribution in [0.2, 0.25) is 0 Å². The van der Waals surface area contributed by atoms with Crippen molar-refractivity contribution >= 4 is 11.1 Å². The third-order valence-corrected chi connectivity index (χ3v) is 2.76. The van der Waals surface area contributed by atoms with Gasteiger partial charge in [0.05, 0.1) is 5.69 Å². The molecule has 0 radical (unpaired) electrons. The van der Waals surface area contributed by atoms with Crippen LogP contribution in [0.1, 0.15) is 17.4 Å². The number of aromatic nitrogens is 3. The molecule has 0 fully saturated rings. The number of hydrogen-bond donors (Lipinski definition) is 0. The molecule has 4 heteroatoms. The first-order valence-corrected chi connectivity index (χ1v) is 5.82. The quantitative estimate of drug-likeness (QED) is 0.654. The highest BCUT2D eigenvalue weighted by Crippen LogP contribution is 2.23. The molecule has 1 aromatic carbocycles. The maximum atomic E-state index is 5.46. The van der Waals surface area contributed by atoms with E-state index in [0.29, 0.717) is 5.89 Å². The molecule has 0 amide bonds. The normalized spacial score (nSPS) is 11.1. The Bertz CT molecular complexity index is 711. The molecule has 0 aliphatic rings. The van der Waals surface area contributed by atoms with Gasteiger partial charge in [-0.2, -0.15) is 0 Å². The molecule has 0 saturated carbocycles. The van der Waals surface area contributed by atoms with Crippen LogP contribution in [0.25, 0.3) is 22.4 Å². The van der Waals surface area contributed by atoms with E-state index in [4.69, 9.17) is 4.42 Å². The largest absolute Gasteiger partial charge is 0.441 e. The second kappa shape index (κ2) is 3.91. The van der Waals surface area contributed by atoms with Crippen molar-refractivity contribution in [3.05, 3.63) is 41.7 Å². The SMILES string of the molecule is Cc1cc(-c2ccc3oc(C)nc3c2)nc(C)n1. The molecule has 0 N–H and O–H groups in total. The van der Waals surface area contributed by atoms with Crippen molar-refractivity contribution in [2.45, 2.75) is 20.8 Å². The second-order valence-electron chi connectivity index (χ2n) is 4.36. The van der Waals surface area contributed by atoms with Gasteiger partial charge in [-0.25, -0.2) is 15.0 Å². The van der Waals surface area contributed by atoms with Crippen molar-refractivity contribution in [2.75, 3.05) is 0 Å². The van der Waals surface area contributed by atoms with Crippen molar-refractivity contribution in [2.24, 2.45) is 0 Å². The predicted molar refractivity (Wildman–Crippen MR) is 69.2 cm³/mol. The minimum absolute atomic E-state index is 0.678. The molecule has 2 aromatic heterocycles. The summed E-state index contributed by atoms with van der Waals surface area (Å²) in [5.74, 6) is 1.46. The lowest BCUT2D eigenvalue weighted by Gasteiger charge is -2.03. The van der Waals surface area contributed by atoms with Crippen molar-refractivity contribution in [1.82, 2.24) is 15.0 Å². The van der Waals surface area contributed by atoms with E-state index in [1.54, 1.807) is 0 Å². The lowest BCUT2D eigenvalue weighted by Crippen LogP contribution is -1.93. The summed E-state index contributed by atoms with van der Waals surface area (Å²) in [4.78, 5) is 13.1. The maximum absolute atomic E-state index is 5.46. The van der Waals surface area contributed by atoms with Gasteiger partial charge in [0.2, 0.25) is 0 Å². The van der Waals surface area contributed by atoms with E-state index in [0.717, 1.165) is 33.9 Å². The van der Waals surface area contributed by atoms with Crippen LogP contribution in [-0.4, -0.2) is 15.0 Å². The first-order valence-electron chi connectivity index (χ1n) is 5.82. The number of hydrogen-bond acceptors (Lipinski definition) is 4. The Kier molecular flexibility index (Phi) is 2.37. The Balaban J connectivity index is 2.18. The van der Waals surface area contributed by atoms with Gasteiger partial charge < -0.3 is 4.42 Å². The van der Waals surface area contributed by atoms with Gasteiger partial charge in [-0.3, -0.25) is 0 Å². The fraction of sp³-hybridized carbons (Fsp3) is 0.214. The van der Waals surface area contributed by atoms with E-state index in [2.05, 4.69) is 15.0 Å². The summed E-state index contributed by atoms with van der Waals surface area (Å²) >= 11 is 0. The molecule has 3 rings (SSSR count). The van der Waals surface area contributed by atoms with Crippen LogP contribution in [0.4, 0.5) is 0 Å². The second-order valence-corrected chi connectivity index (χ2v) is 4.36. The third kappa shape index (κ3) is 1.86. The minimum atomic E-state index is 0.678. The average molecular weight is 239 g/mol. The van der Waals surface area contributed by atoms with Gasteiger partial charge in [-0.05, 0) is 38.1 Å². The monoisotopic (exact) mass is 239 g/mol. The molecular formula is C14H13N3O. The highest BCUT2D eigenvalue weighted by molar-refractivity contribution is 5.79. The first-order chi connectivity index (χ1) is 8.61. The number of aryl methyl sites for hydroxylation is 3. The lowest BCUT2D eigenvalue weighted by molar-refractivity contribution is 0.561. The number of nitrogens with zero attached hydrogens (tertiary/aromatic N) is 3. The Morgan fingerprint density at radius 1 is 0.944 bits per heavy atom. The summed E-state index contributed by atoms with van der Waals surface area (Å²) in [6.07, 6.45) is 0. The van der Waals surface area contributed by atoms with Crippen LogP contribution in [0.3, 0.4) is 0 Å². The molecule has 0 atom stereocenters. The van der Waals surface area contributed by atoms with E-state index in [1.807, 2.05) is 45.0 Å². The molecule has 0 bridgehead atoms. The van der Waals surface area contributed by atoms with Gasteiger partial charge in [0, 0.05) is 18.2 Å². The van der Waals surface area contributed by atoms with Gasteiger partial charge in [0.1, 0.15) is 11.3 Å². The Morgan fingerprint density at radius 3 is 2.56 bits per heavy atom. The van der Waals surface area contributed by atoms with Crippen LogP contribution in [-0.2, 0) is 0 Å². The number of benzene rings is 1. The zero-order chi connectivity index (χ0) is 12.7. The molecule has 3 aromatic rings. The van der Waals surface area contributed by atoms with Crippen LogP contribution < -0.4 is 0 Å². The Labute approximate surface area is 105 Å². The van der Waals surface area contributed by atoms with Crippen LogP contribution >= 0.6 is 0 Å². The highest BCUT2D eigenvalue weighted by atomic mass is 16.3. The fourth-order valence-corrected chi connectivity index (χ4v) is 2.07. The van der Waals surface area contributed by atoms with Crippen LogP contribution in [0.5, 0.6) is 0 Å². The van der Waals surface area contributed by atoms with Gasteiger partial charge >= 0.3 is 0 Å². The Morgan fingerprint density at radius 2 is 1.78 bits per heavy atom. The van der Waals surface area contributed by atoms with Crippen molar-refractivity contribution in [3.63, 3.8) is 0 Å². The zero-order valence-corrected chi connectivity index (χ0v) is 10.6. The summed E-state index contributed by atoms with van der Waals surface area (Å²) in [5, 5.41) is 0. The topological polar surface area (TPSA) is 51.8 Å². The van der Waals surface area contributed by atoms with Gasteiger partial charge in [-0.1, -0.05) is 0 Å². The van der Waals surface area contributed by atoms with E-state index in [9.17, 15) is 0 Å². The van der Waals surface area contributed by atoms with Crippen molar-refractivity contribution < 1.29 is 4.42 Å². The van der Waals surface area contributed by atoms with E-state index in [-0.39, 0.29) is 0 Å². The molecule has 0 spiro atoms. The summed E-state index contributed by atoms with van der Waals surface area (Å²) < 4.78 is 5.46. The van der Waals surface area contributed by atoms with Gasteiger partial charge in [-0.15, -0.1) is 0 Å². The minimum Gasteiger partial charge on any atom is -0.441 e. The fourth-order valence-electron chi connectivity index (χ4n) is 2.07. The predicted octanol–water partition coefficient (Wildman–Crippen LogP) is 3.21. The van der Waals surface area contributed by atoms with Crippen molar-refractivity contribution in [3.8, 4) is 11.3 Å². The lowest BCUT2D eigenvalue weighted by atomic mass is 10.1. The molecule has 4 nitrogen and oxygen atoms in total. The molecule has 0 aliphatic heterocycles. The summed E-state index contributed by atoms with van der Waals surface area (Å²) in [6.45, 7) is 5.71. The van der Waals surface area contributed by atoms with Gasteiger partial charge in [0.15, 0.2) is 11.5 Å².